The van der Waals surface area contributed by atoms with Crippen LogP contribution in [0.25, 0.3) is 0 Å². The van der Waals surface area contributed by atoms with E-state index in [0.29, 0.717) is 11.3 Å². The molecule has 0 saturated heterocycles. The van der Waals surface area contributed by atoms with Gasteiger partial charge in [0.1, 0.15) is 0 Å². The SMILES string of the molecule is O=C(Nc1ccc(SC(F)(F)F)cc1)c1ccccc1. The average Bonchev–Trinajstić information content (AvgIpc) is 2.40. The maximum absolute atomic E-state index is 12.2. The van der Waals surface area contributed by atoms with Crippen molar-refractivity contribution < 1.29 is 18.0 Å². The predicted molar refractivity (Wildman–Crippen MR) is 72.7 cm³/mol. The maximum Gasteiger partial charge on any atom is 0.446 e. The molecule has 0 saturated carbocycles. The number of thioether (sulfide) groups is 1. The number of hydrogen-bond donors (Lipinski definition) is 1. The van der Waals surface area contributed by atoms with Gasteiger partial charge in [-0.2, -0.15) is 13.2 Å². The van der Waals surface area contributed by atoms with E-state index in [0.717, 1.165) is 0 Å². The summed E-state index contributed by atoms with van der Waals surface area (Å²) >= 11 is -0.188. The molecule has 0 unspecified atom stereocenters. The number of rotatable bonds is 3. The van der Waals surface area contributed by atoms with Gasteiger partial charge in [-0.05, 0) is 48.2 Å². The lowest BCUT2D eigenvalue weighted by Crippen LogP contribution is -2.11. The first kappa shape index (κ1) is 14.5. The van der Waals surface area contributed by atoms with E-state index < -0.39 is 5.51 Å². The monoisotopic (exact) mass is 297 g/mol. The van der Waals surface area contributed by atoms with Gasteiger partial charge in [0.05, 0.1) is 0 Å². The van der Waals surface area contributed by atoms with Crippen LogP contribution in [0.1, 0.15) is 10.4 Å². The highest BCUT2D eigenvalue weighted by atomic mass is 32.2. The van der Waals surface area contributed by atoms with E-state index in [9.17, 15) is 18.0 Å². The lowest BCUT2D eigenvalue weighted by Gasteiger charge is -2.08. The molecular formula is C14H10F3NOS. The van der Waals surface area contributed by atoms with Gasteiger partial charge in [-0.25, -0.2) is 0 Å². The third kappa shape index (κ3) is 4.31. The molecule has 0 spiro atoms. The molecule has 6 heteroatoms. The summed E-state index contributed by atoms with van der Waals surface area (Å²) in [5.74, 6) is -0.304. The molecule has 2 aromatic carbocycles. The number of halogens is 3. The molecule has 1 N–H and O–H groups in total. The zero-order chi connectivity index (χ0) is 14.6. The number of benzene rings is 2. The van der Waals surface area contributed by atoms with Crippen LogP contribution >= 0.6 is 11.8 Å². The number of alkyl halides is 3. The number of hydrogen-bond acceptors (Lipinski definition) is 2. The van der Waals surface area contributed by atoms with E-state index >= 15 is 0 Å². The molecular weight excluding hydrogens is 287 g/mol. The summed E-state index contributed by atoms with van der Waals surface area (Å²) in [5.41, 5.74) is -3.37. The summed E-state index contributed by atoms with van der Waals surface area (Å²) in [5, 5.41) is 2.62. The van der Waals surface area contributed by atoms with E-state index in [-0.39, 0.29) is 22.6 Å². The Morgan fingerprint density at radius 3 is 2.10 bits per heavy atom. The summed E-state index contributed by atoms with van der Waals surface area (Å²) in [4.78, 5) is 11.9. The highest BCUT2D eigenvalue weighted by molar-refractivity contribution is 8.00. The third-order valence-corrected chi connectivity index (χ3v) is 3.12. The van der Waals surface area contributed by atoms with Crippen LogP contribution in [0, 0.1) is 0 Å². The van der Waals surface area contributed by atoms with Gasteiger partial charge >= 0.3 is 5.51 Å². The predicted octanol–water partition coefficient (Wildman–Crippen LogP) is 4.55. The molecule has 0 heterocycles. The summed E-state index contributed by atoms with van der Waals surface area (Å²) in [7, 11) is 0. The lowest BCUT2D eigenvalue weighted by molar-refractivity contribution is -0.0328. The van der Waals surface area contributed by atoms with Gasteiger partial charge in [-0.1, -0.05) is 18.2 Å². The zero-order valence-electron chi connectivity index (χ0n) is 10.1. The molecule has 104 valence electrons. The molecule has 0 aromatic heterocycles. The van der Waals surface area contributed by atoms with Crippen LogP contribution in [-0.2, 0) is 0 Å². The Hall–Kier alpha value is -1.95. The van der Waals surface area contributed by atoms with Crippen molar-refractivity contribution >= 4 is 23.4 Å². The van der Waals surface area contributed by atoms with Crippen LogP contribution in [0.2, 0.25) is 0 Å². The molecule has 0 atom stereocenters. The Morgan fingerprint density at radius 2 is 1.55 bits per heavy atom. The summed E-state index contributed by atoms with van der Waals surface area (Å²) < 4.78 is 36.5. The molecule has 20 heavy (non-hydrogen) atoms. The van der Waals surface area contributed by atoms with Gasteiger partial charge in [0.15, 0.2) is 0 Å². The van der Waals surface area contributed by atoms with Crippen molar-refractivity contribution in [3.05, 3.63) is 60.2 Å². The minimum Gasteiger partial charge on any atom is -0.322 e. The largest absolute Gasteiger partial charge is 0.446 e. The molecule has 0 aliphatic heterocycles. The highest BCUT2D eigenvalue weighted by Gasteiger charge is 2.28. The van der Waals surface area contributed by atoms with Crippen LogP contribution in [0.4, 0.5) is 18.9 Å². The van der Waals surface area contributed by atoms with Crippen molar-refractivity contribution in [1.29, 1.82) is 0 Å². The van der Waals surface area contributed by atoms with Gasteiger partial charge in [-0.15, -0.1) is 0 Å². The van der Waals surface area contributed by atoms with Crippen molar-refractivity contribution in [3.63, 3.8) is 0 Å². The van der Waals surface area contributed by atoms with Gasteiger partial charge in [-0.3, -0.25) is 4.79 Å². The normalized spacial score (nSPS) is 11.2. The van der Waals surface area contributed by atoms with Gasteiger partial charge in [0, 0.05) is 16.1 Å². The molecule has 0 aliphatic carbocycles. The minimum absolute atomic E-state index is 0.0789. The Balaban J connectivity index is 2.02. The lowest BCUT2D eigenvalue weighted by atomic mass is 10.2. The van der Waals surface area contributed by atoms with E-state index in [1.807, 2.05) is 0 Å². The Bertz CT molecular complexity index is 582. The topological polar surface area (TPSA) is 29.1 Å². The number of nitrogens with one attached hydrogen (secondary N) is 1. The van der Waals surface area contributed by atoms with Crippen molar-refractivity contribution in [1.82, 2.24) is 0 Å². The average molecular weight is 297 g/mol. The summed E-state index contributed by atoms with van der Waals surface area (Å²) in [6, 6.07) is 14.1. The Morgan fingerprint density at radius 1 is 0.950 bits per heavy atom. The summed E-state index contributed by atoms with van der Waals surface area (Å²) in [6.45, 7) is 0. The van der Waals surface area contributed by atoms with Crippen LogP contribution in [0.5, 0.6) is 0 Å². The van der Waals surface area contributed by atoms with Crippen molar-refractivity contribution in [2.45, 2.75) is 10.4 Å². The molecule has 2 rings (SSSR count). The number of anilines is 1. The smallest absolute Gasteiger partial charge is 0.322 e. The second-order valence-corrected chi connectivity index (χ2v) is 5.03. The number of amides is 1. The molecule has 2 nitrogen and oxygen atoms in total. The highest BCUT2D eigenvalue weighted by Crippen LogP contribution is 2.37. The van der Waals surface area contributed by atoms with Crippen LogP contribution in [0.3, 0.4) is 0 Å². The maximum atomic E-state index is 12.2. The quantitative estimate of drug-likeness (QED) is 0.842. The van der Waals surface area contributed by atoms with Gasteiger partial charge in [0.2, 0.25) is 0 Å². The second-order valence-electron chi connectivity index (χ2n) is 3.89. The first-order valence-corrected chi connectivity index (χ1v) is 6.48. The minimum atomic E-state index is -4.31. The van der Waals surface area contributed by atoms with Crippen molar-refractivity contribution in [3.8, 4) is 0 Å². The fraction of sp³-hybridized carbons (Fsp3) is 0.0714. The standard InChI is InChI=1S/C14H10F3NOS/c15-14(16,17)20-12-8-6-11(7-9-12)18-13(19)10-4-2-1-3-5-10/h1-9H,(H,18,19). The molecule has 0 radical (unpaired) electrons. The fourth-order valence-electron chi connectivity index (χ4n) is 1.53. The Labute approximate surface area is 118 Å². The molecule has 0 fully saturated rings. The van der Waals surface area contributed by atoms with E-state index in [2.05, 4.69) is 5.32 Å². The second kappa shape index (κ2) is 6.00. The van der Waals surface area contributed by atoms with Crippen LogP contribution in [0.15, 0.2) is 59.5 Å². The van der Waals surface area contributed by atoms with E-state index in [4.69, 9.17) is 0 Å². The van der Waals surface area contributed by atoms with Gasteiger partial charge in [0.25, 0.3) is 5.91 Å². The van der Waals surface area contributed by atoms with E-state index in [1.165, 1.54) is 24.3 Å². The van der Waals surface area contributed by atoms with Crippen LogP contribution in [-0.4, -0.2) is 11.4 Å². The molecule has 0 aliphatic rings. The van der Waals surface area contributed by atoms with Crippen molar-refractivity contribution in [2.75, 3.05) is 5.32 Å². The number of carbonyl (C=O) groups is 1. The van der Waals surface area contributed by atoms with Crippen molar-refractivity contribution in [2.24, 2.45) is 0 Å². The number of carbonyl (C=O) groups excluding carboxylic acids is 1. The Kier molecular flexibility index (Phi) is 4.34. The first-order valence-electron chi connectivity index (χ1n) is 5.66. The zero-order valence-corrected chi connectivity index (χ0v) is 11.0. The van der Waals surface area contributed by atoms with Gasteiger partial charge < -0.3 is 5.32 Å². The molecule has 0 bridgehead atoms. The fourth-order valence-corrected chi connectivity index (χ4v) is 2.07. The van der Waals surface area contributed by atoms with Crippen LogP contribution < -0.4 is 5.32 Å². The third-order valence-electron chi connectivity index (χ3n) is 2.38. The molecule has 2 aromatic rings. The molecule has 1 amide bonds. The first-order chi connectivity index (χ1) is 9.44. The summed E-state index contributed by atoms with van der Waals surface area (Å²) in [6.07, 6.45) is 0. The van der Waals surface area contributed by atoms with E-state index in [1.54, 1.807) is 30.3 Å².